The normalized spacial score (nSPS) is 19.0. The molecule has 118 valence electrons. The minimum absolute atomic E-state index is 0.480. The Morgan fingerprint density at radius 3 is 2.81 bits per heavy atom. The summed E-state index contributed by atoms with van der Waals surface area (Å²) in [6, 6.07) is 7.40. The Bertz CT molecular complexity index is 459. The van der Waals surface area contributed by atoms with E-state index >= 15 is 0 Å². The zero-order valence-electron chi connectivity index (χ0n) is 13.7. The van der Waals surface area contributed by atoms with Crippen molar-refractivity contribution >= 4 is 17.3 Å². The van der Waals surface area contributed by atoms with Gasteiger partial charge in [-0.3, -0.25) is 0 Å². The predicted octanol–water partition coefficient (Wildman–Crippen LogP) is 3.37. The van der Waals surface area contributed by atoms with Crippen LogP contribution in [0, 0.1) is 0 Å². The molecule has 0 spiro atoms. The highest BCUT2D eigenvalue weighted by atomic mass is 35.5. The number of benzene rings is 1. The molecule has 21 heavy (non-hydrogen) atoms. The lowest BCUT2D eigenvalue weighted by atomic mass is 10.1. The second kappa shape index (κ2) is 7.48. The van der Waals surface area contributed by atoms with Crippen molar-refractivity contribution in [2.75, 3.05) is 32.1 Å². The molecule has 1 saturated heterocycles. The molecule has 0 saturated carbocycles. The molecule has 1 heterocycles. The third-order valence-electron chi connectivity index (χ3n) is 4.00. The molecule has 0 bridgehead atoms. The second-order valence-electron chi connectivity index (χ2n) is 6.56. The molecule has 1 fully saturated rings. The molecule has 0 aromatic heterocycles. The van der Waals surface area contributed by atoms with Gasteiger partial charge in [0.25, 0.3) is 0 Å². The summed E-state index contributed by atoms with van der Waals surface area (Å²) in [5.41, 5.74) is 2.65. The van der Waals surface area contributed by atoms with Crippen LogP contribution in [0.5, 0.6) is 0 Å². The van der Waals surface area contributed by atoms with Gasteiger partial charge in [0.2, 0.25) is 0 Å². The average Bonchev–Trinajstić information content (AvgIpc) is 2.83. The van der Waals surface area contributed by atoms with Crippen molar-refractivity contribution in [2.24, 2.45) is 0 Å². The van der Waals surface area contributed by atoms with Crippen LogP contribution in [-0.4, -0.2) is 44.2 Å². The Kier molecular flexibility index (Phi) is 5.91. The average molecular weight is 310 g/mol. The highest BCUT2D eigenvalue weighted by Gasteiger charge is 2.26. The number of anilines is 1. The fourth-order valence-electron chi connectivity index (χ4n) is 3.05. The first-order valence-electron chi connectivity index (χ1n) is 7.90. The Labute approximate surface area is 134 Å². The van der Waals surface area contributed by atoms with Crippen molar-refractivity contribution in [1.82, 2.24) is 10.2 Å². The van der Waals surface area contributed by atoms with Gasteiger partial charge in [0.1, 0.15) is 0 Å². The topological polar surface area (TPSA) is 18.5 Å². The van der Waals surface area contributed by atoms with E-state index in [-0.39, 0.29) is 0 Å². The third kappa shape index (κ3) is 4.60. The molecule has 3 nitrogen and oxygen atoms in total. The Balaban J connectivity index is 2.20. The van der Waals surface area contributed by atoms with Crippen LogP contribution in [0.2, 0.25) is 5.02 Å². The monoisotopic (exact) mass is 309 g/mol. The summed E-state index contributed by atoms with van der Waals surface area (Å²) in [4.78, 5) is 4.85. The van der Waals surface area contributed by atoms with Gasteiger partial charge in [-0.1, -0.05) is 25.4 Å². The molecule has 0 aliphatic carbocycles. The van der Waals surface area contributed by atoms with Crippen LogP contribution >= 0.6 is 11.6 Å². The van der Waals surface area contributed by atoms with E-state index in [9.17, 15) is 0 Å². The molecule has 1 aliphatic heterocycles. The smallest absolute Gasteiger partial charge is 0.0417 e. The number of halogens is 1. The van der Waals surface area contributed by atoms with Crippen LogP contribution in [0.1, 0.15) is 32.3 Å². The van der Waals surface area contributed by atoms with E-state index in [0.29, 0.717) is 12.1 Å². The summed E-state index contributed by atoms with van der Waals surface area (Å²) in [7, 11) is 4.30. The molecule has 1 N–H and O–H groups in total. The maximum absolute atomic E-state index is 6.21. The summed E-state index contributed by atoms with van der Waals surface area (Å²) in [6.07, 6.45) is 2.55. The van der Waals surface area contributed by atoms with Crippen LogP contribution in [-0.2, 0) is 6.54 Å². The summed E-state index contributed by atoms with van der Waals surface area (Å²) in [5.74, 6) is 0. The van der Waals surface area contributed by atoms with Gasteiger partial charge in [0, 0.05) is 42.4 Å². The lowest BCUT2D eigenvalue weighted by Crippen LogP contribution is -2.38. The molecular formula is C17H28ClN3. The molecule has 0 radical (unpaired) electrons. The number of hydrogen-bond acceptors (Lipinski definition) is 3. The summed E-state index contributed by atoms with van der Waals surface area (Å²) in [6.45, 7) is 7.48. The van der Waals surface area contributed by atoms with E-state index in [1.54, 1.807) is 0 Å². The Hall–Kier alpha value is -0.770. The first kappa shape index (κ1) is 16.6. The second-order valence-corrected chi connectivity index (χ2v) is 7.00. The lowest BCUT2D eigenvalue weighted by molar-refractivity contribution is 0.372. The minimum Gasteiger partial charge on any atom is -0.367 e. The van der Waals surface area contributed by atoms with E-state index in [1.807, 2.05) is 6.07 Å². The molecule has 1 aromatic rings. The molecule has 0 amide bonds. The number of likely N-dealkylation sites (N-methyl/N-ethyl adjacent to an activating group) is 1. The van der Waals surface area contributed by atoms with Crippen molar-refractivity contribution in [3.8, 4) is 0 Å². The van der Waals surface area contributed by atoms with Crippen molar-refractivity contribution < 1.29 is 0 Å². The largest absolute Gasteiger partial charge is 0.367 e. The van der Waals surface area contributed by atoms with Gasteiger partial charge >= 0.3 is 0 Å². The Morgan fingerprint density at radius 2 is 2.14 bits per heavy atom. The molecular weight excluding hydrogens is 282 g/mol. The van der Waals surface area contributed by atoms with Gasteiger partial charge < -0.3 is 15.1 Å². The van der Waals surface area contributed by atoms with Crippen molar-refractivity contribution in [1.29, 1.82) is 0 Å². The molecule has 1 unspecified atom stereocenters. The van der Waals surface area contributed by atoms with Gasteiger partial charge in [-0.15, -0.1) is 0 Å². The van der Waals surface area contributed by atoms with Crippen molar-refractivity contribution in [3.63, 3.8) is 0 Å². The molecule has 1 aromatic carbocycles. The van der Waals surface area contributed by atoms with Crippen LogP contribution in [0.3, 0.4) is 0 Å². The number of nitrogens with zero attached hydrogens (tertiary/aromatic N) is 2. The van der Waals surface area contributed by atoms with E-state index in [0.717, 1.165) is 24.7 Å². The Morgan fingerprint density at radius 1 is 1.38 bits per heavy atom. The van der Waals surface area contributed by atoms with Gasteiger partial charge in [-0.2, -0.15) is 0 Å². The van der Waals surface area contributed by atoms with E-state index in [2.05, 4.69) is 55.2 Å². The molecule has 1 aliphatic rings. The van der Waals surface area contributed by atoms with Crippen molar-refractivity contribution in [2.45, 2.75) is 45.3 Å². The highest BCUT2D eigenvalue weighted by Crippen LogP contribution is 2.31. The first-order valence-corrected chi connectivity index (χ1v) is 8.28. The van der Waals surface area contributed by atoms with Crippen LogP contribution < -0.4 is 10.2 Å². The number of rotatable bonds is 6. The highest BCUT2D eigenvalue weighted by molar-refractivity contribution is 6.30. The number of nitrogens with one attached hydrogen (secondary N) is 1. The van der Waals surface area contributed by atoms with E-state index in [4.69, 9.17) is 11.6 Å². The van der Waals surface area contributed by atoms with Crippen LogP contribution in [0.15, 0.2) is 18.2 Å². The van der Waals surface area contributed by atoms with Crippen LogP contribution in [0.25, 0.3) is 0 Å². The van der Waals surface area contributed by atoms with Crippen molar-refractivity contribution in [3.05, 3.63) is 28.8 Å². The van der Waals surface area contributed by atoms with Gasteiger partial charge in [0.15, 0.2) is 0 Å². The third-order valence-corrected chi connectivity index (χ3v) is 4.24. The SMILES string of the molecule is CC(C)NCc1cc(Cl)ccc1N1CCCC1CN(C)C. The lowest BCUT2D eigenvalue weighted by Gasteiger charge is -2.31. The zero-order chi connectivity index (χ0) is 15.4. The molecule has 2 rings (SSSR count). The fraction of sp³-hybridized carbons (Fsp3) is 0.647. The summed E-state index contributed by atoms with van der Waals surface area (Å²) < 4.78 is 0. The maximum atomic E-state index is 6.21. The van der Waals surface area contributed by atoms with E-state index in [1.165, 1.54) is 24.1 Å². The minimum atomic E-state index is 0.480. The summed E-state index contributed by atoms with van der Waals surface area (Å²) >= 11 is 6.21. The van der Waals surface area contributed by atoms with Crippen LogP contribution in [0.4, 0.5) is 5.69 Å². The number of hydrogen-bond donors (Lipinski definition) is 1. The maximum Gasteiger partial charge on any atom is 0.0417 e. The van der Waals surface area contributed by atoms with Gasteiger partial charge in [0.05, 0.1) is 0 Å². The quantitative estimate of drug-likeness (QED) is 0.869. The standard InChI is InChI=1S/C17H28ClN3/c1-13(2)19-11-14-10-15(18)7-8-17(14)21-9-5-6-16(21)12-20(3)4/h7-8,10,13,16,19H,5-6,9,11-12H2,1-4H3. The van der Waals surface area contributed by atoms with Gasteiger partial charge in [-0.25, -0.2) is 0 Å². The fourth-order valence-corrected chi connectivity index (χ4v) is 3.25. The van der Waals surface area contributed by atoms with Gasteiger partial charge in [-0.05, 0) is 50.7 Å². The zero-order valence-corrected chi connectivity index (χ0v) is 14.5. The van der Waals surface area contributed by atoms with E-state index < -0.39 is 0 Å². The molecule has 1 atom stereocenters. The first-order chi connectivity index (χ1) is 9.97. The predicted molar refractivity (Wildman–Crippen MR) is 92.3 cm³/mol. The molecule has 4 heteroatoms. The summed E-state index contributed by atoms with van der Waals surface area (Å²) in [5, 5.41) is 4.33.